The number of nitrogens with one attached hydrogen (secondary N) is 1. The summed E-state index contributed by atoms with van der Waals surface area (Å²) in [5, 5.41) is 4.43. The molecule has 0 aromatic heterocycles. The van der Waals surface area contributed by atoms with Crippen LogP contribution in [0.5, 0.6) is 0 Å². The number of carbonyl (C=O) groups is 1. The van der Waals surface area contributed by atoms with Crippen LogP contribution in [0, 0.1) is 0 Å². The van der Waals surface area contributed by atoms with Crippen molar-refractivity contribution in [3.05, 3.63) is 33.8 Å². The van der Waals surface area contributed by atoms with Gasteiger partial charge in [-0.3, -0.25) is 5.32 Å². The van der Waals surface area contributed by atoms with Crippen molar-refractivity contribution in [2.24, 2.45) is 0 Å². The van der Waals surface area contributed by atoms with E-state index in [4.69, 9.17) is 27.9 Å². The molecule has 0 bridgehead atoms. The quantitative estimate of drug-likeness (QED) is 0.830. The predicted molar refractivity (Wildman–Crippen MR) is 81.2 cm³/mol. The lowest BCUT2D eigenvalue weighted by atomic mass is 10.1. The number of esters is 1. The lowest BCUT2D eigenvalue weighted by Gasteiger charge is -2.22. The van der Waals surface area contributed by atoms with Crippen LogP contribution in [0.4, 0.5) is 0 Å². The van der Waals surface area contributed by atoms with E-state index < -0.39 is 6.04 Å². The second-order valence-electron chi connectivity index (χ2n) is 5.04. The van der Waals surface area contributed by atoms with E-state index in [1.807, 2.05) is 0 Å². The Morgan fingerprint density at radius 2 is 1.90 bits per heavy atom. The van der Waals surface area contributed by atoms with Crippen molar-refractivity contribution >= 4 is 29.2 Å². The molecule has 1 aromatic carbocycles. The van der Waals surface area contributed by atoms with Crippen molar-refractivity contribution in [3.8, 4) is 0 Å². The summed E-state index contributed by atoms with van der Waals surface area (Å²) >= 11 is 12.1. The molecule has 3 nitrogen and oxygen atoms in total. The fourth-order valence-corrected chi connectivity index (χ4v) is 3.14. The van der Waals surface area contributed by atoms with Crippen LogP contribution in [0.2, 0.25) is 10.0 Å². The second kappa shape index (κ2) is 7.30. The van der Waals surface area contributed by atoms with Crippen LogP contribution in [0.15, 0.2) is 18.2 Å². The number of ether oxygens (including phenoxy) is 1. The van der Waals surface area contributed by atoms with E-state index in [-0.39, 0.29) is 5.97 Å². The fraction of sp³-hybridized carbons (Fsp3) is 0.533. The van der Waals surface area contributed by atoms with Crippen molar-refractivity contribution in [3.63, 3.8) is 0 Å². The highest BCUT2D eigenvalue weighted by Gasteiger charge is 2.27. The van der Waals surface area contributed by atoms with Crippen molar-refractivity contribution in [2.45, 2.75) is 44.7 Å². The minimum atomic E-state index is -0.505. The molecule has 0 aliphatic heterocycles. The first kappa shape index (κ1) is 15.6. The number of hydrogen-bond donors (Lipinski definition) is 1. The Bertz CT molecular complexity index is 453. The largest absolute Gasteiger partial charge is 0.465 e. The van der Waals surface area contributed by atoms with Crippen molar-refractivity contribution in [1.29, 1.82) is 0 Å². The molecule has 1 aliphatic rings. The average Bonchev–Trinajstić information content (AvgIpc) is 2.87. The molecule has 2 rings (SSSR count). The molecule has 110 valence electrons. The Kier molecular flexibility index (Phi) is 5.70. The van der Waals surface area contributed by atoms with Gasteiger partial charge in [0.25, 0.3) is 0 Å². The van der Waals surface area contributed by atoms with Gasteiger partial charge in [-0.1, -0.05) is 36.0 Å². The standard InChI is InChI=1S/C15H19Cl2NO2/c1-2-20-15(19)14(18-13-5-3-4-6-13)10-7-11(16)9-12(17)8-10/h7-9,13-14,18H,2-6H2,1H3. The molecule has 1 saturated carbocycles. The Labute approximate surface area is 129 Å². The van der Waals surface area contributed by atoms with Gasteiger partial charge < -0.3 is 4.74 Å². The van der Waals surface area contributed by atoms with Crippen LogP contribution >= 0.6 is 23.2 Å². The monoisotopic (exact) mass is 315 g/mol. The summed E-state index contributed by atoms with van der Waals surface area (Å²) in [6, 6.07) is 5.02. The molecule has 1 aromatic rings. The Morgan fingerprint density at radius 1 is 1.30 bits per heavy atom. The molecule has 1 aliphatic carbocycles. The van der Waals surface area contributed by atoms with Crippen LogP contribution in [0.1, 0.15) is 44.2 Å². The zero-order valence-corrected chi connectivity index (χ0v) is 13.0. The molecule has 0 amide bonds. The summed E-state index contributed by atoms with van der Waals surface area (Å²) < 4.78 is 5.16. The van der Waals surface area contributed by atoms with E-state index in [0.717, 1.165) is 18.4 Å². The molecule has 1 N–H and O–H groups in total. The zero-order valence-electron chi connectivity index (χ0n) is 11.5. The lowest BCUT2D eigenvalue weighted by molar-refractivity contribution is -0.146. The molecule has 20 heavy (non-hydrogen) atoms. The molecule has 0 heterocycles. The minimum absolute atomic E-state index is 0.280. The van der Waals surface area contributed by atoms with Gasteiger partial charge in [-0.15, -0.1) is 0 Å². The number of halogens is 2. The first-order valence-electron chi connectivity index (χ1n) is 6.99. The van der Waals surface area contributed by atoms with Crippen LogP contribution in [0.25, 0.3) is 0 Å². The fourth-order valence-electron chi connectivity index (χ4n) is 2.60. The van der Waals surface area contributed by atoms with Gasteiger partial charge in [0.05, 0.1) is 6.61 Å². The second-order valence-corrected chi connectivity index (χ2v) is 5.91. The van der Waals surface area contributed by atoms with Crippen LogP contribution in [0.3, 0.4) is 0 Å². The van der Waals surface area contributed by atoms with Gasteiger partial charge >= 0.3 is 5.97 Å². The summed E-state index contributed by atoms with van der Waals surface area (Å²) in [5.74, 6) is -0.280. The van der Waals surface area contributed by atoms with Gasteiger partial charge in [0.2, 0.25) is 0 Å². The maximum absolute atomic E-state index is 12.2. The molecule has 1 fully saturated rings. The molecule has 5 heteroatoms. The highest BCUT2D eigenvalue weighted by molar-refractivity contribution is 6.34. The summed E-state index contributed by atoms with van der Waals surface area (Å²) in [7, 11) is 0. The van der Waals surface area contributed by atoms with E-state index in [2.05, 4.69) is 5.32 Å². The van der Waals surface area contributed by atoms with E-state index in [1.54, 1.807) is 25.1 Å². The van der Waals surface area contributed by atoms with Gasteiger partial charge in [-0.05, 0) is 43.5 Å². The first-order chi connectivity index (χ1) is 9.60. The maximum atomic E-state index is 12.2. The van der Waals surface area contributed by atoms with Crippen molar-refractivity contribution in [1.82, 2.24) is 5.32 Å². The third-order valence-corrected chi connectivity index (χ3v) is 3.93. The van der Waals surface area contributed by atoms with E-state index in [9.17, 15) is 4.79 Å². The molecular formula is C15H19Cl2NO2. The molecule has 0 radical (unpaired) electrons. The Balaban J connectivity index is 2.21. The van der Waals surface area contributed by atoms with Crippen molar-refractivity contribution in [2.75, 3.05) is 6.61 Å². The van der Waals surface area contributed by atoms with E-state index in [0.29, 0.717) is 22.7 Å². The smallest absolute Gasteiger partial charge is 0.327 e. The normalized spacial score (nSPS) is 17.1. The Hall–Kier alpha value is -0.770. The van der Waals surface area contributed by atoms with Crippen LogP contribution < -0.4 is 5.32 Å². The van der Waals surface area contributed by atoms with Gasteiger partial charge in [-0.25, -0.2) is 4.79 Å². The van der Waals surface area contributed by atoms with E-state index >= 15 is 0 Å². The van der Waals surface area contributed by atoms with Gasteiger partial charge in [0, 0.05) is 16.1 Å². The molecular weight excluding hydrogens is 297 g/mol. The highest BCUT2D eigenvalue weighted by Crippen LogP contribution is 2.27. The highest BCUT2D eigenvalue weighted by atomic mass is 35.5. The number of carbonyl (C=O) groups excluding carboxylic acids is 1. The molecule has 0 saturated heterocycles. The summed E-state index contributed by atoms with van der Waals surface area (Å²) in [6.07, 6.45) is 4.57. The zero-order chi connectivity index (χ0) is 14.5. The summed E-state index contributed by atoms with van der Waals surface area (Å²) in [5.41, 5.74) is 0.757. The summed E-state index contributed by atoms with van der Waals surface area (Å²) in [6.45, 7) is 2.16. The average molecular weight is 316 g/mol. The van der Waals surface area contributed by atoms with Gasteiger partial charge in [-0.2, -0.15) is 0 Å². The van der Waals surface area contributed by atoms with Gasteiger partial charge in [0.15, 0.2) is 0 Å². The van der Waals surface area contributed by atoms with Crippen LogP contribution in [-0.2, 0) is 9.53 Å². The molecule has 1 unspecified atom stereocenters. The first-order valence-corrected chi connectivity index (χ1v) is 7.74. The number of rotatable bonds is 5. The van der Waals surface area contributed by atoms with E-state index in [1.165, 1.54) is 12.8 Å². The molecule has 0 spiro atoms. The SMILES string of the molecule is CCOC(=O)C(NC1CCCC1)c1cc(Cl)cc(Cl)c1. The lowest BCUT2D eigenvalue weighted by Crippen LogP contribution is -2.36. The third kappa shape index (κ3) is 4.11. The predicted octanol–water partition coefficient (Wildman–Crippen LogP) is 4.13. The molecule has 1 atom stereocenters. The topological polar surface area (TPSA) is 38.3 Å². The van der Waals surface area contributed by atoms with Gasteiger partial charge in [0.1, 0.15) is 6.04 Å². The summed E-state index contributed by atoms with van der Waals surface area (Å²) in [4.78, 5) is 12.2. The number of benzene rings is 1. The van der Waals surface area contributed by atoms with Crippen molar-refractivity contribution < 1.29 is 9.53 Å². The van der Waals surface area contributed by atoms with Crippen LogP contribution in [-0.4, -0.2) is 18.6 Å². The minimum Gasteiger partial charge on any atom is -0.465 e. The third-order valence-electron chi connectivity index (χ3n) is 3.50. The number of hydrogen-bond acceptors (Lipinski definition) is 3. The maximum Gasteiger partial charge on any atom is 0.327 e. The Morgan fingerprint density at radius 3 is 2.45 bits per heavy atom.